The van der Waals surface area contributed by atoms with Crippen molar-refractivity contribution in [3.05, 3.63) is 48.0 Å². The summed E-state index contributed by atoms with van der Waals surface area (Å²) in [4.78, 5) is 24.0. The maximum Gasteiger partial charge on any atom is 0.244 e. The first-order chi connectivity index (χ1) is 11.4. The number of hydrazone groups is 1. The molecule has 2 aromatic rings. The molecule has 1 fully saturated rings. The molecule has 0 spiro atoms. The molecule has 4 nitrogen and oxygen atoms in total. The van der Waals surface area contributed by atoms with Crippen LogP contribution in [0.4, 0.5) is 0 Å². The van der Waals surface area contributed by atoms with Gasteiger partial charge in [-0.15, -0.1) is 0 Å². The predicted octanol–water partition coefficient (Wildman–Crippen LogP) is 3.63. The Morgan fingerprint density at radius 1 is 1.12 bits per heavy atom. The molecule has 0 heterocycles. The van der Waals surface area contributed by atoms with Crippen molar-refractivity contribution in [2.75, 3.05) is 0 Å². The monoisotopic (exact) mass is 322 g/mol. The molecule has 1 aliphatic rings. The fraction of sp³-hybridized carbons (Fsp3) is 0.350. The summed E-state index contributed by atoms with van der Waals surface area (Å²) in [5.74, 6) is 0.0305. The molecule has 0 aromatic heterocycles. The lowest BCUT2D eigenvalue weighted by Crippen LogP contribution is -2.31. The Bertz CT molecular complexity index is 816. The molecule has 24 heavy (non-hydrogen) atoms. The van der Waals surface area contributed by atoms with Crippen molar-refractivity contribution < 1.29 is 9.59 Å². The molecule has 1 saturated carbocycles. The van der Waals surface area contributed by atoms with Crippen LogP contribution < -0.4 is 5.43 Å². The van der Waals surface area contributed by atoms with Crippen molar-refractivity contribution in [3.63, 3.8) is 0 Å². The Morgan fingerprint density at radius 3 is 2.67 bits per heavy atom. The van der Waals surface area contributed by atoms with E-state index in [0.717, 1.165) is 28.5 Å². The molecule has 2 aromatic carbocycles. The lowest BCUT2D eigenvalue weighted by molar-refractivity contribution is -0.121. The van der Waals surface area contributed by atoms with Gasteiger partial charge in [0.1, 0.15) is 5.78 Å². The van der Waals surface area contributed by atoms with E-state index in [2.05, 4.69) is 24.4 Å². The zero-order chi connectivity index (χ0) is 17.2. The van der Waals surface area contributed by atoms with Crippen LogP contribution in [0.25, 0.3) is 10.8 Å². The van der Waals surface area contributed by atoms with Crippen LogP contribution in [0.3, 0.4) is 0 Å². The second-order valence-electron chi connectivity index (χ2n) is 7.26. The minimum absolute atomic E-state index is 0.0749. The summed E-state index contributed by atoms with van der Waals surface area (Å²) in [5.41, 5.74) is 4.29. The number of fused-ring (bicyclic) bond motifs is 1. The van der Waals surface area contributed by atoms with E-state index >= 15 is 0 Å². The number of hydrogen-bond acceptors (Lipinski definition) is 3. The van der Waals surface area contributed by atoms with Crippen molar-refractivity contribution in [1.29, 1.82) is 0 Å². The fourth-order valence-electron chi connectivity index (χ4n) is 3.38. The van der Waals surface area contributed by atoms with Crippen LogP contribution in [0.2, 0.25) is 0 Å². The smallest absolute Gasteiger partial charge is 0.244 e. The van der Waals surface area contributed by atoms with E-state index in [1.165, 1.54) is 0 Å². The maximum absolute atomic E-state index is 12.2. The summed E-state index contributed by atoms with van der Waals surface area (Å²) in [6.45, 7) is 4.11. The number of Topliss-reactive ketones (excluding diaryl/α,β-unsaturated/α-hetero) is 1. The lowest BCUT2D eigenvalue weighted by Gasteiger charge is -2.29. The first kappa shape index (κ1) is 16.4. The second-order valence-corrected chi connectivity index (χ2v) is 7.26. The highest BCUT2D eigenvalue weighted by molar-refractivity contribution is 6.05. The third-order valence-corrected chi connectivity index (χ3v) is 4.33. The van der Waals surface area contributed by atoms with Gasteiger partial charge in [0.15, 0.2) is 0 Å². The van der Waals surface area contributed by atoms with Crippen LogP contribution in [0.1, 0.15) is 38.7 Å². The molecule has 1 amide bonds. The van der Waals surface area contributed by atoms with Crippen molar-refractivity contribution in [1.82, 2.24) is 5.43 Å². The summed E-state index contributed by atoms with van der Waals surface area (Å²) < 4.78 is 0. The number of hydrogen-bond donors (Lipinski definition) is 1. The van der Waals surface area contributed by atoms with Gasteiger partial charge in [0, 0.05) is 18.6 Å². The molecule has 0 saturated heterocycles. The summed E-state index contributed by atoms with van der Waals surface area (Å²) in [6.07, 6.45) is 1.94. The lowest BCUT2D eigenvalue weighted by atomic mass is 9.76. The molecule has 1 aliphatic carbocycles. The molecule has 0 radical (unpaired) electrons. The van der Waals surface area contributed by atoms with E-state index in [-0.39, 0.29) is 23.5 Å². The predicted molar refractivity (Wildman–Crippen MR) is 95.9 cm³/mol. The SMILES string of the molecule is CC1(C)CC(=O)C/C(=N/NC(=O)Cc2cccc3ccccc23)C1. The molecule has 0 aliphatic heterocycles. The van der Waals surface area contributed by atoms with Gasteiger partial charge in [0.2, 0.25) is 5.91 Å². The topological polar surface area (TPSA) is 58.5 Å². The van der Waals surface area contributed by atoms with Gasteiger partial charge in [0.05, 0.1) is 6.42 Å². The highest BCUT2D eigenvalue weighted by Crippen LogP contribution is 2.31. The Kier molecular flexibility index (Phi) is 4.47. The quantitative estimate of drug-likeness (QED) is 0.877. The van der Waals surface area contributed by atoms with Crippen molar-refractivity contribution in [3.8, 4) is 0 Å². The fourth-order valence-corrected chi connectivity index (χ4v) is 3.38. The normalized spacial score (nSPS) is 18.8. The van der Waals surface area contributed by atoms with Crippen LogP contribution in [0.5, 0.6) is 0 Å². The number of ketones is 1. The molecular formula is C20H22N2O2. The number of carbonyl (C=O) groups excluding carboxylic acids is 2. The van der Waals surface area contributed by atoms with Gasteiger partial charge in [0.25, 0.3) is 0 Å². The molecule has 0 unspecified atom stereocenters. The van der Waals surface area contributed by atoms with Crippen molar-refractivity contribution in [2.24, 2.45) is 10.5 Å². The molecule has 124 valence electrons. The largest absolute Gasteiger partial charge is 0.299 e. The van der Waals surface area contributed by atoms with Crippen LogP contribution in [-0.2, 0) is 16.0 Å². The van der Waals surface area contributed by atoms with E-state index in [1.54, 1.807) is 0 Å². The van der Waals surface area contributed by atoms with E-state index in [1.807, 2.05) is 42.5 Å². The summed E-state index contributed by atoms with van der Waals surface area (Å²) in [7, 11) is 0. The second kappa shape index (κ2) is 6.56. The number of rotatable bonds is 3. The number of benzene rings is 2. The van der Waals surface area contributed by atoms with Gasteiger partial charge >= 0.3 is 0 Å². The van der Waals surface area contributed by atoms with Crippen LogP contribution >= 0.6 is 0 Å². The van der Waals surface area contributed by atoms with Crippen LogP contribution in [-0.4, -0.2) is 17.4 Å². The maximum atomic E-state index is 12.2. The minimum atomic E-state index is -0.158. The van der Waals surface area contributed by atoms with E-state index in [9.17, 15) is 9.59 Å². The van der Waals surface area contributed by atoms with E-state index in [0.29, 0.717) is 12.8 Å². The summed E-state index contributed by atoms with van der Waals surface area (Å²) >= 11 is 0. The third kappa shape index (κ3) is 3.88. The number of carbonyl (C=O) groups is 2. The highest BCUT2D eigenvalue weighted by atomic mass is 16.2. The summed E-state index contributed by atoms with van der Waals surface area (Å²) in [5, 5.41) is 6.40. The first-order valence-corrected chi connectivity index (χ1v) is 8.26. The number of nitrogens with zero attached hydrogens (tertiary/aromatic N) is 1. The van der Waals surface area contributed by atoms with Gasteiger partial charge in [-0.05, 0) is 28.2 Å². The molecule has 0 atom stereocenters. The Balaban J connectivity index is 1.69. The molecular weight excluding hydrogens is 300 g/mol. The average Bonchev–Trinajstić information content (AvgIpc) is 2.51. The standard InChI is InChI=1S/C20H22N2O2/c1-20(2)12-16(11-17(23)13-20)21-22-19(24)10-15-8-5-7-14-6-3-4-9-18(14)15/h3-9H,10-13H2,1-2H3,(H,22,24)/b21-16-. The van der Waals surface area contributed by atoms with Gasteiger partial charge in [-0.2, -0.15) is 5.10 Å². The van der Waals surface area contributed by atoms with Gasteiger partial charge in [-0.3, -0.25) is 9.59 Å². The highest BCUT2D eigenvalue weighted by Gasteiger charge is 2.30. The number of nitrogens with one attached hydrogen (secondary N) is 1. The van der Waals surface area contributed by atoms with E-state index in [4.69, 9.17) is 0 Å². The van der Waals surface area contributed by atoms with Crippen molar-refractivity contribution in [2.45, 2.75) is 39.5 Å². The Labute approximate surface area is 141 Å². The van der Waals surface area contributed by atoms with Gasteiger partial charge in [-0.1, -0.05) is 56.3 Å². The first-order valence-electron chi connectivity index (χ1n) is 8.26. The zero-order valence-electron chi connectivity index (χ0n) is 14.1. The van der Waals surface area contributed by atoms with Crippen LogP contribution in [0, 0.1) is 5.41 Å². The number of amides is 1. The molecule has 0 bridgehead atoms. The summed E-state index contributed by atoms with van der Waals surface area (Å²) in [6, 6.07) is 14.0. The molecule has 4 heteroatoms. The minimum Gasteiger partial charge on any atom is -0.299 e. The Morgan fingerprint density at radius 2 is 1.88 bits per heavy atom. The van der Waals surface area contributed by atoms with Crippen molar-refractivity contribution >= 4 is 28.2 Å². The average molecular weight is 322 g/mol. The zero-order valence-corrected chi connectivity index (χ0v) is 14.1. The van der Waals surface area contributed by atoms with Gasteiger partial charge < -0.3 is 0 Å². The van der Waals surface area contributed by atoms with Crippen LogP contribution in [0.15, 0.2) is 47.6 Å². The molecule has 1 N–H and O–H groups in total. The van der Waals surface area contributed by atoms with E-state index < -0.39 is 0 Å². The van der Waals surface area contributed by atoms with Gasteiger partial charge in [-0.25, -0.2) is 5.43 Å². The Hall–Kier alpha value is -2.49. The third-order valence-electron chi connectivity index (χ3n) is 4.33. The molecule has 3 rings (SSSR count).